The molecule has 0 aromatic heterocycles. The van der Waals surface area contributed by atoms with Crippen LogP contribution in [-0.4, -0.2) is 55.9 Å². The number of nitrogens with one attached hydrogen (secondary N) is 1. The lowest BCUT2D eigenvalue weighted by Crippen LogP contribution is -2.46. The van der Waals surface area contributed by atoms with Gasteiger partial charge in [-0.15, -0.1) is 0 Å². The van der Waals surface area contributed by atoms with Gasteiger partial charge in [-0.25, -0.2) is 12.7 Å². The van der Waals surface area contributed by atoms with Crippen molar-refractivity contribution in [3.05, 3.63) is 0 Å². The van der Waals surface area contributed by atoms with E-state index >= 15 is 0 Å². The topological polar surface area (TPSA) is 69.6 Å². The zero-order chi connectivity index (χ0) is 12.0. The van der Waals surface area contributed by atoms with Crippen molar-refractivity contribution in [1.82, 2.24) is 9.62 Å². The molecule has 1 fully saturated rings. The summed E-state index contributed by atoms with van der Waals surface area (Å²) in [6.07, 6.45) is 2.17. The molecule has 16 heavy (non-hydrogen) atoms. The molecule has 96 valence electrons. The minimum Gasteiger partial charge on any atom is -0.396 e. The first-order valence-electron chi connectivity index (χ1n) is 5.93. The van der Waals surface area contributed by atoms with Crippen LogP contribution in [0.3, 0.4) is 0 Å². The second-order valence-electron chi connectivity index (χ2n) is 4.08. The van der Waals surface area contributed by atoms with Gasteiger partial charge in [0.25, 0.3) is 0 Å². The van der Waals surface area contributed by atoms with Crippen molar-refractivity contribution in [2.75, 3.05) is 32.8 Å². The summed E-state index contributed by atoms with van der Waals surface area (Å²) in [5.41, 5.74) is 0. The Hall–Kier alpha value is -0.170. The minimum atomic E-state index is -3.19. The standard InChI is InChI=1S/C10H22N2O3S/c1-2-12(7-4-8-13)16(14,15)10-5-3-6-11-9-10/h10-11,13H,2-9H2,1H3. The van der Waals surface area contributed by atoms with Crippen molar-refractivity contribution < 1.29 is 13.5 Å². The number of aliphatic hydroxyl groups is 1. The Balaban J connectivity index is 2.64. The number of sulfonamides is 1. The molecule has 0 radical (unpaired) electrons. The lowest BCUT2D eigenvalue weighted by Gasteiger charge is -2.29. The van der Waals surface area contributed by atoms with Crippen molar-refractivity contribution in [3.63, 3.8) is 0 Å². The van der Waals surface area contributed by atoms with Crippen LogP contribution in [0.25, 0.3) is 0 Å². The summed E-state index contributed by atoms with van der Waals surface area (Å²) in [7, 11) is -3.19. The van der Waals surface area contributed by atoms with Crippen LogP contribution < -0.4 is 5.32 Å². The lowest BCUT2D eigenvalue weighted by atomic mass is 10.2. The third-order valence-electron chi connectivity index (χ3n) is 2.95. The maximum Gasteiger partial charge on any atom is 0.218 e. The number of hydrogen-bond acceptors (Lipinski definition) is 4. The molecular formula is C10H22N2O3S. The fourth-order valence-electron chi connectivity index (χ4n) is 2.00. The molecule has 1 heterocycles. The molecule has 0 aromatic carbocycles. The molecule has 6 heteroatoms. The molecule has 1 aliphatic heterocycles. The molecule has 0 amide bonds. The van der Waals surface area contributed by atoms with Crippen LogP contribution in [0, 0.1) is 0 Å². The molecule has 0 bridgehead atoms. The third kappa shape index (κ3) is 3.41. The summed E-state index contributed by atoms with van der Waals surface area (Å²) in [4.78, 5) is 0. The smallest absolute Gasteiger partial charge is 0.218 e. The van der Waals surface area contributed by atoms with Gasteiger partial charge in [-0.3, -0.25) is 0 Å². The summed E-state index contributed by atoms with van der Waals surface area (Å²) in [5.74, 6) is 0. The second-order valence-corrected chi connectivity index (χ2v) is 6.30. The van der Waals surface area contributed by atoms with Crippen molar-refractivity contribution >= 4 is 10.0 Å². The summed E-state index contributed by atoms with van der Waals surface area (Å²) in [6, 6.07) is 0. The Morgan fingerprint density at radius 1 is 1.50 bits per heavy atom. The highest BCUT2D eigenvalue weighted by atomic mass is 32.2. The SMILES string of the molecule is CCN(CCCO)S(=O)(=O)C1CCCNC1. The maximum absolute atomic E-state index is 12.2. The zero-order valence-electron chi connectivity index (χ0n) is 9.85. The number of hydrogen-bond donors (Lipinski definition) is 2. The molecule has 0 aliphatic carbocycles. The van der Waals surface area contributed by atoms with Gasteiger partial charge in [-0.1, -0.05) is 6.92 Å². The van der Waals surface area contributed by atoms with E-state index in [2.05, 4.69) is 5.32 Å². The average Bonchev–Trinajstić information content (AvgIpc) is 2.31. The molecule has 1 rings (SSSR count). The van der Waals surface area contributed by atoms with Crippen LogP contribution in [0.2, 0.25) is 0 Å². The Morgan fingerprint density at radius 2 is 2.25 bits per heavy atom. The highest BCUT2D eigenvalue weighted by Crippen LogP contribution is 2.16. The van der Waals surface area contributed by atoms with Crippen LogP contribution in [-0.2, 0) is 10.0 Å². The van der Waals surface area contributed by atoms with E-state index in [0.717, 1.165) is 19.4 Å². The van der Waals surface area contributed by atoms with E-state index < -0.39 is 10.0 Å². The van der Waals surface area contributed by atoms with Crippen molar-refractivity contribution in [2.24, 2.45) is 0 Å². The first kappa shape index (κ1) is 13.9. The molecule has 5 nitrogen and oxygen atoms in total. The first-order chi connectivity index (χ1) is 7.62. The van der Waals surface area contributed by atoms with Crippen molar-refractivity contribution in [3.8, 4) is 0 Å². The molecule has 2 N–H and O–H groups in total. The Morgan fingerprint density at radius 3 is 2.75 bits per heavy atom. The molecule has 1 atom stereocenters. The highest BCUT2D eigenvalue weighted by Gasteiger charge is 2.31. The molecule has 1 aliphatic rings. The lowest BCUT2D eigenvalue weighted by molar-refractivity contribution is 0.270. The van der Waals surface area contributed by atoms with E-state index in [-0.39, 0.29) is 11.9 Å². The van der Waals surface area contributed by atoms with Gasteiger partial charge in [-0.05, 0) is 25.8 Å². The van der Waals surface area contributed by atoms with Crippen LogP contribution in [0.4, 0.5) is 0 Å². The van der Waals surface area contributed by atoms with Gasteiger partial charge < -0.3 is 10.4 Å². The monoisotopic (exact) mass is 250 g/mol. The Bertz CT molecular complexity index is 286. The first-order valence-corrected chi connectivity index (χ1v) is 7.43. The zero-order valence-corrected chi connectivity index (χ0v) is 10.7. The van der Waals surface area contributed by atoms with E-state index in [1.807, 2.05) is 6.92 Å². The van der Waals surface area contributed by atoms with E-state index in [9.17, 15) is 8.42 Å². The summed E-state index contributed by atoms with van der Waals surface area (Å²) < 4.78 is 25.9. The van der Waals surface area contributed by atoms with E-state index in [1.165, 1.54) is 4.31 Å². The van der Waals surface area contributed by atoms with Gasteiger partial charge in [0.2, 0.25) is 10.0 Å². The van der Waals surface area contributed by atoms with Gasteiger partial charge in [0.15, 0.2) is 0 Å². The molecule has 1 unspecified atom stereocenters. The average molecular weight is 250 g/mol. The van der Waals surface area contributed by atoms with Crippen LogP contribution in [0.15, 0.2) is 0 Å². The van der Waals surface area contributed by atoms with E-state index in [0.29, 0.717) is 26.1 Å². The normalized spacial score (nSPS) is 22.6. The van der Waals surface area contributed by atoms with Crippen molar-refractivity contribution in [2.45, 2.75) is 31.4 Å². The summed E-state index contributed by atoms with van der Waals surface area (Å²) >= 11 is 0. The molecule has 0 aromatic rings. The Kier molecular flexibility index (Phi) is 5.68. The second kappa shape index (κ2) is 6.54. The fraction of sp³-hybridized carbons (Fsp3) is 1.00. The molecular weight excluding hydrogens is 228 g/mol. The van der Waals surface area contributed by atoms with E-state index in [1.54, 1.807) is 0 Å². The fourth-order valence-corrected chi connectivity index (χ4v) is 3.96. The number of piperidine rings is 1. The predicted molar refractivity (Wildman–Crippen MR) is 63.8 cm³/mol. The predicted octanol–water partition coefficient (Wildman–Crippen LogP) is -0.227. The highest BCUT2D eigenvalue weighted by molar-refractivity contribution is 7.89. The van der Waals surface area contributed by atoms with Crippen LogP contribution in [0.1, 0.15) is 26.2 Å². The third-order valence-corrected chi connectivity index (χ3v) is 5.36. The maximum atomic E-state index is 12.2. The quantitative estimate of drug-likeness (QED) is 0.683. The van der Waals surface area contributed by atoms with Gasteiger partial charge in [0.05, 0.1) is 5.25 Å². The van der Waals surface area contributed by atoms with E-state index in [4.69, 9.17) is 5.11 Å². The van der Waals surface area contributed by atoms with Gasteiger partial charge in [0.1, 0.15) is 0 Å². The van der Waals surface area contributed by atoms with Gasteiger partial charge in [0, 0.05) is 26.2 Å². The van der Waals surface area contributed by atoms with Crippen LogP contribution in [0.5, 0.6) is 0 Å². The number of aliphatic hydroxyl groups excluding tert-OH is 1. The summed E-state index contributed by atoms with van der Waals surface area (Å²) in [6.45, 7) is 4.25. The van der Waals surface area contributed by atoms with Gasteiger partial charge >= 0.3 is 0 Å². The minimum absolute atomic E-state index is 0.0366. The summed E-state index contributed by atoms with van der Waals surface area (Å²) in [5, 5.41) is 11.6. The number of nitrogens with zero attached hydrogens (tertiary/aromatic N) is 1. The van der Waals surface area contributed by atoms with Crippen molar-refractivity contribution in [1.29, 1.82) is 0 Å². The largest absolute Gasteiger partial charge is 0.396 e. The number of rotatable bonds is 6. The Labute approximate surface area is 97.9 Å². The van der Waals surface area contributed by atoms with Crippen LogP contribution >= 0.6 is 0 Å². The molecule has 0 saturated carbocycles. The van der Waals surface area contributed by atoms with Gasteiger partial charge in [-0.2, -0.15) is 0 Å². The molecule has 0 spiro atoms. The molecule has 1 saturated heterocycles.